The third-order valence-corrected chi connectivity index (χ3v) is 3.75. The van der Waals surface area contributed by atoms with Crippen LogP contribution in [0.15, 0.2) is 36.7 Å². The van der Waals surface area contributed by atoms with Gasteiger partial charge in [-0.2, -0.15) is 0 Å². The van der Waals surface area contributed by atoms with Crippen molar-refractivity contribution in [3.63, 3.8) is 0 Å². The molecular weight excluding hydrogens is 230 g/mol. The smallest absolute Gasteiger partial charge is 0.0273 e. The van der Waals surface area contributed by atoms with Crippen molar-refractivity contribution in [3.8, 4) is 11.1 Å². The molecule has 100 valence electrons. The Morgan fingerprint density at radius 2 is 1.26 bits per heavy atom. The highest BCUT2D eigenvalue weighted by Crippen LogP contribution is 2.32. The number of hydrogen-bond donors (Lipinski definition) is 0. The quantitative estimate of drug-likeness (QED) is 0.723. The topological polar surface area (TPSA) is 12.9 Å². The minimum Gasteiger partial charge on any atom is -0.265 e. The molecule has 0 amide bonds. The van der Waals surface area contributed by atoms with Crippen LogP contribution in [0.5, 0.6) is 0 Å². The molecule has 0 aliphatic carbocycles. The van der Waals surface area contributed by atoms with Gasteiger partial charge in [-0.3, -0.25) is 4.98 Å². The van der Waals surface area contributed by atoms with Gasteiger partial charge in [-0.05, 0) is 58.7 Å². The first kappa shape index (κ1) is 13.8. The van der Waals surface area contributed by atoms with E-state index in [1.165, 1.54) is 27.8 Å². The molecule has 2 aromatic rings. The third kappa shape index (κ3) is 2.86. The fourth-order valence-corrected chi connectivity index (χ4v) is 2.67. The van der Waals surface area contributed by atoms with Crippen LogP contribution in [0.25, 0.3) is 11.1 Å². The maximum Gasteiger partial charge on any atom is 0.0273 e. The number of aromatic nitrogens is 1. The Hall–Kier alpha value is -1.63. The van der Waals surface area contributed by atoms with Crippen molar-refractivity contribution in [1.29, 1.82) is 0 Å². The van der Waals surface area contributed by atoms with E-state index >= 15 is 0 Å². The molecular formula is C18H23N. The fraction of sp³-hybridized carbons (Fsp3) is 0.389. The molecule has 19 heavy (non-hydrogen) atoms. The first-order valence-corrected chi connectivity index (χ1v) is 7.05. The lowest BCUT2D eigenvalue weighted by Gasteiger charge is -2.19. The lowest BCUT2D eigenvalue weighted by atomic mass is 9.86. The van der Waals surface area contributed by atoms with E-state index in [1.54, 1.807) is 0 Å². The second kappa shape index (κ2) is 5.56. The molecule has 0 saturated carbocycles. The minimum absolute atomic E-state index is 0.555. The van der Waals surface area contributed by atoms with Crippen molar-refractivity contribution in [2.45, 2.75) is 46.5 Å². The Morgan fingerprint density at radius 1 is 0.789 bits per heavy atom. The molecule has 0 unspecified atom stereocenters. The standard InChI is InChI=1S/C18H23N/c1-12(2)17-10-16(15-6-8-19-9-7-15)11-18(13(3)4)14(17)5/h6-13H,1-5H3. The Kier molecular flexibility index (Phi) is 4.04. The number of rotatable bonds is 3. The molecule has 1 heteroatoms. The zero-order chi connectivity index (χ0) is 14.0. The van der Waals surface area contributed by atoms with Crippen LogP contribution in [0.1, 0.15) is 56.2 Å². The Balaban J connectivity index is 2.63. The zero-order valence-corrected chi connectivity index (χ0v) is 12.6. The molecule has 0 bridgehead atoms. The fourth-order valence-electron chi connectivity index (χ4n) is 2.67. The van der Waals surface area contributed by atoms with Crippen LogP contribution in [0.4, 0.5) is 0 Å². The van der Waals surface area contributed by atoms with Crippen LogP contribution in [0, 0.1) is 6.92 Å². The Morgan fingerprint density at radius 3 is 1.68 bits per heavy atom. The van der Waals surface area contributed by atoms with Gasteiger partial charge < -0.3 is 0 Å². The minimum atomic E-state index is 0.555. The van der Waals surface area contributed by atoms with Gasteiger partial charge in [-0.15, -0.1) is 0 Å². The van der Waals surface area contributed by atoms with Crippen LogP contribution in [0.2, 0.25) is 0 Å². The summed E-state index contributed by atoms with van der Waals surface area (Å²) >= 11 is 0. The summed E-state index contributed by atoms with van der Waals surface area (Å²) < 4.78 is 0. The summed E-state index contributed by atoms with van der Waals surface area (Å²) in [4.78, 5) is 4.10. The molecule has 1 heterocycles. The second-order valence-corrected chi connectivity index (χ2v) is 5.82. The SMILES string of the molecule is Cc1c(C(C)C)cc(-c2ccncc2)cc1C(C)C. The molecule has 1 aromatic heterocycles. The highest BCUT2D eigenvalue weighted by Gasteiger charge is 2.13. The van der Waals surface area contributed by atoms with Crippen molar-refractivity contribution in [1.82, 2.24) is 4.98 Å². The number of benzene rings is 1. The van der Waals surface area contributed by atoms with Gasteiger partial charge in [0.15, 0.2) is 0 Å². The Bertz CT molecular complexity index is 524. The molecule has 0 aliphatic heterocycles. The third-order valence-electron chi connectivity index (χ3n) is 3.75. The normalized spacial score (nSPS) is 11.3. The summed E-state index contributed by atoms with van der Waals surface area (Å²) in [6, 6.07) is 8.83. The van der Waals surface area contributed by atoms with Crippen LogP contribution >= 0.6 is 0 Å². The average Bonchev–Trinajstić information content (AvgIpc) is 2.39. The summed E-state index contributed by atoms with van der Waals surface area (Å²) in [7, 11) is 0. The van der Waals surface area contributed by atoms with Crippen molar-refractivity contribution >= 4 is 0 Å². The second-order valence-electron chi connectivity index (χ2n) is 5.82. The van der Waals surface area contributed by atoms with Gasteiger partial charge in [0.1, 0.15) is 0 Å². The molecule has 0 atom stereocenters. The van der Waals surface area contributed by atoms with Gasteiger partial charge in [0.05, 0.1) is 0 Å². The highest BCUT2D eigenvalue weighted by molar-refractivity contribution is 5.66. The van der Waals surface area contributed by atoms with Crippen molar-refractivity contribution in [3.05, 3.63) is 53.3 Å². The van der Waals surface area contributed by atoms with E-state index in [1.807, 2.05) is 12.4 Å². The molecule has 1 aromatic carbocycles. The van der Waals surface area contributed by atoms with Crippen LogP contribution < -0.4 is 0 Å². The van der Waals surface area contributed by atoms with Crippen LogP contribution in [-0.2, 0) is 0 Å². The highest BCUT2D eigenvalue weighted by atomic mass is 14.6. The zero-order valence-electron chi connectivity index (χ0n) is 12.6. The van der Waals surface area contributed by atoms with Crippen LogP contribution in [0.3, 0.4) is 0 Å². The predicted octanol–water partition coefficient (Wildman–Crippen LogP) is 5.30. The summed E-state index contributed by atoms with van der Waals surface area (Å²) in [5, 5.41) is 0. The molecule has 2 rings (SSSR count). The first-order valence-electron chi connectivity index (χ1n) is 7.05. The predicted molar refractivity (Wildman–Crippen MR) is 82.6 cm³/mol. The molecule has 1 nitrogen and oxygen atoms in total. The van der Waals surface area contributed by atoms with E-state index in [4.69, 9.17) is 0 Å². The maximum atomic E-state index is 4.10. The van der Waals surface area contributed by atoms with Crippen LogP contribution in [-0.4, -0.2) is 4.98 Å². The maximum absolute atomic E-state index is 4.10. The van der Waals surface area contributed by atoms with E-state index in [0.717, 1.165) is 0 Å². The van der Waals surface area contributed by atoms with Gasteiger partial charge in [0.25, 0.3) is 0 Å². The summed E-state index contributed by atoms with van der Waals surface area (Å²) in [5.41, 5.74) is 6.91. The number of hydrogen-bond acceptors (Lipinski definition) is 1. The van der Waals surface area contributed by atoms with E-state index < -0.39 is 0 Å². The van der Waals surface area contributed by atoms with E-state index in [-0.39, 0.29) is 0 Å². The van der Waals surface area contributed by atoms with Gasteiger partial charge in [0.2, 0.25) is 0 Å². The molecule has 0 fully saturated rings. The molecule has 0 N–H and O–H groups in total. The monoisotopic (exact) mass is 253 g/mol. The van der Waals surface area contributed by atoms with Gasteiger partial charge in [-0.25, -0.2) is 0 Å². The summed E-state index contributed by atoms with van der Waals surface area (Å²) in [6.45, 7) is 11.3. The van der Waals surface area contributed by atoms with E-state index in [9.17, 15) is 0 Å². The summed E-state index contributed by atoms with van der Waals surface area (Å²) in [5.74, 6) is 1.11. The van der Waals surface area contributed by atoms with Crippen molar-refractivity contribution in [2.24, 2.45) is 0 Å². The average molecular weight is 253 g/mol. The molecule has 0 saturated heterocycles. The van der Waals surface area contributed by atoms with Gasteiger partial charge >= 0.3 is 0 Å². The van der Waals surface area contributed by atoms with Gasteiger partial charge in [-0.1, -0.05) is 39.8 Å². The molecule has 0 radical (unpaired) electrons. The lowest BCUT2D eigenvalue weighted by molar-refractivity contribution is 0.818. The number of nitrogens with zero attached hydrogens (tertiary/aromatic N) is 1. The number of pyridine rings is 1. The van der Waals surface area contributed by atoms with Crippen molar-refractivity contribution < 1.29 is 0 Å². The lowest BCUT2D eigenvalue weighted by Crippen LogP contribution is -2.00. The summed E-state index contributed by atoms with van der Waals surface area (Å²) in [6.07, 6.45) is 3.72. The van der Waals surface area contributed by atoms with Crippen molar-refractivity contribution in [2.75, 3.05) is 0 Å². The molecule has 0 aliphatic rings. The van der Waals surface area contributed by atoms with Gasteiger partial charge in [0, 0.05) is 12.4 Å². The largest absolute Gasteiger partial charge is 0.265 e. The molecule has 0 spiro atoms. The van der Waals surface area contributed by atoms with E-state index in [2.05, 4.69) is 63.9 Å². The Labute approximate surface area is 116 Å². The first-order chi connectivity index (χ1) is 9.00. The van der Waals surface area contributed by atoms with E-state index in [0.29, 0.717) is 11.8 Å².